The predicted octanol–water partition coefficient (Wildman–Crippen LogP) is 7.17. The largest absolute Gasteiger partial charge is 0.508 e. The maximum atomic E-state index is 14.5. The second-order valence-corrected chi connectivity index (χ2v) is 10.9. The van der Waals surface area contributed by atoms with Gasteiger partial charge in [-0.2, -0.15) is 0 Å². The number of carbonyl (C=O) groups is 2. The number of carbonyl (C=O) groups excluding carboxylic acids is 2. The van der Waals surface area contributed by atoms with Gasteiger partial charge in [0.1, 0.15) is 11.5 Å². The van der Waals surface area contributed by atoms with E-state index in [-0.39, 0.29) is 23.1 Å². The number of fused-ring (bicyclic) bond motifs is 6. The average molecular weight is 549 g/mol. The van der Waals surface area contributed by atoms with Gasteiger partial charge in [0.05, 0.1) is 23.2 Å². The molecule has 2 aliphatic rings. The highest BCUT2D eigenvalue weighted by Gasteiger charge is 2.51. The lowest BCUT2D eigenvalue weighted by Crippen LogP contribution is -2.20. The number of phenols is 2. The molecule has 42 heavy (non-hydrogen) atoms. The fourth-order valence-electron chi connectivity index (χ4n) is 6.64. The third-order valence-corrected chi connectivity index (χ3v) is 8.49. The van der Waals surface area contributed by atoms with Gasteiger partial charge < -0.3 is 20.2 Å². The minimum absolute atomic E-state index is 0.115. The molecule has 6 aromatic rings. The van der Waals surface area contributed by atoms with Crippen molar-refractivity contribution < 1.29 is 19.8 Å². The van der Waals surface area contributed by atoms with Crippen LogP contribution in [0.5, 0.6) is 11.5 Å². The number of para-hydroxylation sites is 2. The van der Waals surface area contributed by atoms with Crippen LogP contribution in [0, 0.1) is 0 Å². The number of aromatic hydroxyl groups is 2. The molecule has 0 aliphatic heterocycles. The highest BCUT2D eigenvalue weighted by atomic mass is 16.3. The van der Waals surface area contributed by atoms with Gasteiger partial charge >= 0.3 is 0 Å². The average Bonchev–Trinajstić information content (AvgIpc) is 3.70. The smallest absolute Gasteiger partial charge is 0.173 e. The van der Waals surface area contributed by atoms with Crippen LogP contribution in [0.15, 0.2) is 97.1 Å². The molecular weight excluding hydrogens is 524 g/mol. The zero-order valence-corrected chi connectivity index (χ0v) is 22.3. The lowest BCUT2D eigenvalue weighted by atomic mass is 9.80. The van der Waals surface area contributed by atoms with Gasteiger partial charge in [-0.05, 0) is 70.8 Å². The third kappa shape index (κ3) is 3.52. The molecule has 0 spiro atoms. The second kappa shape index (κ2) is 8.94. The summed E-state index contributed by atoms with van der Waals surface area (Å²) in [5.74, 6) is -1.39. The summed E-state index contributed by atoms with van der Waals surface area (Å²) in [5.41, 5.74) is 7.52. The number of benzene rings is 4. The van der Waals surface area contributed by atoms with Crippen LogP contribution in [0.1, 0.15) is 45.5 Å². The highest BCUT2D eigenvalue weighted by molar-refractivity contribution is 6.39. The highest BCUT2D eigenvalue weighted by Crippen LogP contribution is 2.55. The van der Waals surface area contributed by atoms with Crippen molar-refractivity contribution in [2.24, 2.45) is 0 Å². The lowest BCUT2D eigenvalue weighted by Gasteiger charge is -2.18. The third-order valence-electron chi connectivity index (χ3n) is 8.49. The van der Waals surface area contributed by atoms with E-state index in [4.69, 9.17) is 0 Å². The molecular formula is C36H24N2O4. The number of Topliss-reactive ketones (excluding diaryl/α,β-unsaturated/α-hetero) is 2. The zero-order chi connectivity index (χ0) is 28.5. The Hall–Kier alpha value is -5.62. The zero-order valence-electron chi connectivity index (χ0n) is 22.3. The number of phenolic OH excluding ortho intramolecular Hbond substituents is 2. The molecule has 2 atom stereocenters. The summed E-state index contributed by atoms with van der Waals surface area (Å²) in [6.07, 6.45) is 3.66. The lowest BCUT2D eigenvalue weighted by molar-refractivity contribution is -0.120. The fourth-order valence-corrected chi connectivity index (χ4v) is 6.64. The molecule has 202 valence electrons. The molecule has 2 unspecified atom stereocenters. The van der Waals surface area contributed by atoms with Crippen molar-refractivity contribution in [1.29, 1.82) is 0 Å². The van der Waals surface area contributed by atoms with Crippen molar-refractivity contribution >= 4 is 56.7 Å². The Morgan fingerprint density at radius 3 is 1.31 bits per heavy atom. The first-order valence-corrected chi connectivity index (χ1v) is 13.8. The minimum Gasteiger partial charge on any atom is -0.508 e. The van der Waals surface area contributed by atoms with Gasteiger partial charge in [0.25, 0.3) is 0 Å². The first-order chi connectivity index (χ1) is 20.5. The van der Waals surface area contributed by atoms with Crippen LogP contribution in [0.3, 0.4) is 0 Å². The Labute approximate surface area is 240 Å². The summed E-state index contributed by atoms with van der Waals surface area (Å²) in [4.78, 5) is 35.9. The Balaban J connectivity index is 1.37. The van der Waals surface area contributed by atoms with Crippen LogP contribution >= 0.6 is 0 Å². The van der Waals surface area contributed by atoms with Gasteiger partial charge in [0, 0.05) is 33.0 Å². The fraction of sp³-hybridized carbons (Fsp3) is 0.0556. The Morgan fingerprint density at radius 1 is 0.524 bits per heavy atom. The monoisotopic (exact) mass is 548 g/mol. The van der Waals surface area contributed by atoms with Crippen molar-refractivity contribution in [2.75, 3.05) is 0 Å². The van der Waals surface area contributed by atoms with Gasteiger partial charge in [-0.25, -0.2) is 0 Å². The normalized spacial score (nSPS) is 19.8. The Kier molecular flexibility index (Phi) is 5.15. The minimum atomic E-state index is -0.726. The van der Waals surface area contributed by atoms with Gasteiger partial charge in [-0.15, -0.1) is 0 Å². The van der Waals surface area contributed by atoms with Crippen molar-refractivity contribution in [3.05, 3.63) is 131 Å². The van der Waals surface area contributed by atoms with E-state index in [0.29, 0.717) is 11.1 Å². The number of nitrogens with one attached hydrogen (secondary N) is 2. The quantitative estimate of drug-likeness (QED) is 0.176. The Morgan fingerprint density at radius 2 is 0.905 bits per heavy atom. The molecule has 2 heterocycles. The van der Waals surface area contributed by atoms with Gasteiger partial charge in [0.2, 0.25) is 0 Å². The Bertz CT molecular complexity index is 1990. The molecule has 4 N–H and O–H groups in total. The summed E-state index contributed by atoms with van der Waals surface area (Å²) in [6.45, 7) is 0. The number of rotatable bonds is 3. The van der Waals surface area contributed by atoms with Gasteiger partial charge in [-0.3, -0.25) is 9.59 Å². The number of aromatic amines is 2. The molecule has 0 amide bonds. The van der Waals surface area contributed by atoms with E-state index in [2.05, 4.69) is 9.97 Å². The van der Waals surface area contributed by atoms with Crippen LogP contribution in [0.2, 0.25) is 0 Å². The first-order valence-electron chi connectivity index (χ1n) is 13.8. The van der Waals surface area contributed by atoms with Crippen LogP contribution in [-0.4, -0.2) is 31.7 Å². The van der Waals surface area contributed by atoms with E-state index >= 15 is 0 Å². The summed E-state index contributed by atoms with van der Waals surface area (Å²) in [5, 5.41) is 21.4. The molecule has 6 heteroatoms. The summed E-state index contributed by atoms with van der Waals surface area (Å²) < 4.78 is 0. The number of hydrogen-bond donors (Lipinski definition) is 4. The second-order valence-electron chi connectivity index (χ2n) is 10.9. The van der Waals surface area contributed by atoms with E-state index in [1.807, 2.05) is 60.7 Å². The number of aromatic nitrogens is 2. The standard InChI is InChI=1S/C36H24N2O4/c39-21-13-9-19(10-14-21)17-25-33-29(23-5-1-3-7-27(23)37-33)31(35(25)41)32-30-24-6-2-4-8-28(24)38-34(30)26(36(32)42)18-20-11-15-22(40)16-12-20/h1-18,31-32,37-40H/b25-17+,26-18+. The van der Waals surface area contributed by atoms with Crippen LogP contribution in [0.25, 0.3) is 45.1 Å². The SMILES string of the molecule is O=C1/C(=C/c2ccc(O)cc2)c2[nH]c3ccccc3c2C1C1C(=O)/C(=C/c2ccc(O)cc2)c2[nH]c3ccccc3c21. The summed E-state index contributed by atoms with van der Waals surface area (Å²) in [7, 11) is 0. The van der Waals surface area contributed by atoms with Crippen molar-refractivity contribution in [2.45, 2.75) is 11.8 Å². The van der Waals surface area contributed by atoms with Crippen molar-refractivity contribution in [1.82, 2.24) is 9.97 Å². The topological polar surface area (TPSA) is 106 Å². The van der Waals surface area contributed by atoms with Gasteiger partial charge in [-0.1, -0.05) is 60.7 Å². The molecule has 0 radical (unpaired) electrons. The van der Waals surface area contributed by atoms with Crippen LogP contribution in [0.4, 0.5) is 0 Å². The summed E-state index contributed by atoms with van der Waals surface area (Å²) in [6, 6.07) is 29.2. The van der Waals surface area contributed by atoms with E-state index in [1.54, 1.807) is 48.5 Å². The van der Waals surface area contributed by atoms with Crippen molar-refractivity contribution in [3.63, 3.8) is 0 Å². The maximum absolute atomic E-state index is 14.5. The number of hydrogen-bond acceptors (Lipinski definition) is 4. The van der Waals surface area contributed by atoms with Crippen LogP contribution in [-0.2, 0) is 9.59 Å². The van der Waals surface area contributed by atoms with Crippen molar-refractivity contribution in [3.8, 4) is 11.5 Å². The number of allylic oxidation sites excluding steroid dienone is 2. The molecule has 8 rings (SSSR count). The molecule has 0 fully saturated rings. The number of ketones is 2. The molecule has 2 aromatic heterocycles. The van der Waals surface area contributed by atoms with Crippen LogP contribution < -0.4 is 0 Å². The molecule has 6 nitrogen and oxygen atoms in total. The van der Waals surface area contributed by atoms with E-state index in [0.717, 1.165) is 55.4 Å². The molecule has 2 aliphatic carbocycles. The molecule has 0 saturated carbocycles. The molecule has 4 aromatic carbocycles. The van der Waals surface area contributed by atoms with Gasteiger partial charge in [0.15, 0.2) is 11.6 Å². The maximum Gasteiger partial charge on any atom is 0.173 e. The predicted molar refractivity (Wildman–Crippen MR) is 164 cm³/mol. The first kappa shape index (κ1) is 24.2. The molecule has 0 bridgehead atoms. The number of H-pyrrole nitrogens is 2. The van der Waals surface area contributed by atoms with E-state index in [1.165, 1.54) is 0 Å². The van der Waals surface area contributed by atoms with E-state index < -0.39 is 11.8 Å². The molecule has 0 saturated heterocycles. The van der Waals surface area contributed by atoms with E-state index in [9.17, 15) is 19.8 Å². The summed E-state index contributed by atoms with van der Waals surface area (Å²) >= 11 is 0.